The average Bonchev–Trinajstić information content (AvgIpc) is 3.00. The Bertz CT molecular complexity index is 1020. The van der Waals surface area contributed by atoms with Crippen molar-refractivity contribution >= 4 is 34.9 Å². The lowest BCUT2D eigenvalue weighted by Gasteiger charge is -2.19. The van der Waals surface area contributed by atoms with E-state index in [4.69, 9.17) is 14.9 Å². The second-order valence-corrected chi connectivity index (χ2v) is 8.80. The van der Waals surface area contributed by atoms with Gasteiger partial charge >= 0.3 is 5.97 Å². The van der Waals surface area contributed by atoms with Gasteiger partial charge in [-0.25, -0.2) is 4.79 Å². The summed E-state index contributed by atoms with van der Waals surface area (Å²) in [5.41, 5.74) is 2.30. The minimum absolute atomic E-state index is 0.00189. The highest BCUT2D eigenvalue weighted by Crippen LogP contribution is 2.32. The first-order chi connectivity index (χ1) is 14.2. The molecule has 0 aliphatic carbocycles. The molecule has 2 aromatic carbocycles. The van der Waals surface area contributed by atoms with Crippen molar-refractivity contribution in [3.05, 3.63) is 64.1 Å². The van der Waals surface area contributed by atoms with Crippen LogP contribution in [0.25, 0.3) is 6.08 Å². The highest BCUT2D eigenvalue weighted by atomic mass is 32.2. The number of hydrogen-bond donors (Lipinski definition) is 2. The SMILES string of the molecule is CCOc1cc(/C=C2\SC(=N)NC2=O)ccc1OC(=O)c1ccc(C(C)(C)C)cc1. The molecule has 30 heavy (non-hydrogen) atoms. The Morgan fingerprint density at radius 2 is 1.83 bits per heavy atom. The molecule has 0 aromatic heterocycles. The molecular weight excluding hydrogens is 400 g/mol. The topological polar surface area (TPSA) is 88.5 Å². The highest BCUT2D eigenvalue weighted by Gasteiger charge is 2.22. The zero-order valence-electron chi connectivity index (χ0n) is 17.4. The van der Waals surface area contributed by atoms with Gasteiger partial charge in [-0.1, -0.05) is 39.0 Å². The number of ether oxygens (including phenoxy) is 2. The molecule has 1 aliphatic rings. The van der Waals surface area contributed by atoms with Gasteiger partial charge in [-0.2, -0.15) is 0 Å². The van der Waals surface area contributed by atoms with E-state index in [0.717, 1.165) is 17.3 Å². The van der Waals surface area contributed by atoms with Crippen LogP contribution in [0.4, 0.5) is 0 Å². The second kappa shape index (κ2) is 8.75. The molecule has 1 fully saturated rings. The quantitative estimate of drug-likeness (QED) is 0.411. The van der Waals surface area contributed by atoms with Gasteiger partial charge in [-0.3, -0.25) is 10.2 Å². The van der Waals surface area contributed by atoms with E-state index in [2.05, 4.69) is 26.1 Å². The van der Waals surface area contributed by atoms with E-state index in [1.165, 1.54) is 0 Å². The molecule has 1 aliphatic heterocycles. The van der Waals surface area contributed by atoms with Crippen molar-refractivity contribution in [2.75, 3.05) is 6.61 Å². The smallest absolute Gasteiger partial charge is 0.343 e. The van der Waals surface area contributed by atoms with Crippen molar-refractivity contribution in [2.24, 2.45) is 0 Å². The minimum atomic E-state index is -0.471. The summed E-state index contributed by atoms with van der Waals surface area (Å²) in [5, 5.41) is 10.1. The van der Waals surface area contributed by atoms with Crippen molar-refractivity contribution in [1.29, 1.82) is 5.41 Å². The molecule has 0 saturated carbocycles. The fourth-order valence-electron chi connectivity index (χ4n) is 2.83. The Hall–Kier alpha value is -3.06. The number of carbonyl (C=O) groups excluding carboxylic acids is 2. The van der Waals surface area contributed by atoms with Gasteiger partial charge in [-0.05, 0) is 65.6 Å². The molecule has 156 valence electrons. The fourth-order valence-corrected chi connectivity index (χ4v) is 3.53. The largest absolute Gasteiger partial charge is 0.490 e. The van der Waals surface area contributed by atoms with Crippen molar-refractivity contribution < 1.29 is 19.1 Å². The number of nitrogens with one attached hydrogen (secondary N) is 2. The van der Waals surface area contributed by atoms with Crippen LogP contribution < -0.4 is 14.8 Å². The second-order valence-electron chi connectivity index (χ2n) is 7.75. The van der Waals surface area contributed by atoms with Crippen LogP contribution in [0.3, 0.4) is 0 Å². The summed E-state index contributed by atoms with van der Waals surface area (Å²) in [6.45, 7) is 8.57. The number of benzene rings is 2. The lowest BCUT2D eigenvalue weighted by Crippen LogP contribution is -2.18. The molecule has 0 bridgehead atoms. The molecule has 0 unspecified atom stereocenters. The number of amidine groups is 1. The molecule has 6 nitrogen and oxygen atoms in total. The average molecular weight is 425 g/mol. The van der Waals surface area contributed by atoms with Crippen molar-refractivity contribution in [2.45, 2.75) is 33.1 Å². The third kappa shape index (κ3) is 5.10. The monoisotopic (exact) mass is 424 g/mol. The first-order valence-corrected chi connectivity index (χ1v) is 10.4. The number of carbonyl (C=O) groups is 2. The zero-order chi connectivity index (χ0) is 21.9. The number of hydrogen-bond acceptors (Lipinski definition) is 6. The molecule has 1 saturated heterocycles. The molecule has 0 radical (unpaired) electrons. The van der Waals surface area contributed by atoms with Gasteiger partial charge in [0.25, 0.3) is 5.91 Å². The van der Waals surface area contributed by atoms with Crippen LogP contribution in [0.5, 0.6) is 11.5 Å². The maximum Gasteiger partial charge on any atom is 0.343 e. The third-order valence-electron chi connectivity index (χ3n) is 4.42. The van der Waals surface area contributed by atoms with Gasteiger partial charge in [0.1, 0.15) is 0 Å². The fraction of sp³-hybridized carbons (Fsp3) is 0.261. The van der Waals surface area contributed by atoms with Crippen LogP contribution in [0.1, 0.15) is 49.2 Å². The Morgan fingerprint density at radius 3 is 2.40 bits per heavy atom. The molecular formula is C23H24N2O4S. The summed E-state index contributed by atoms with van der Waals surface area (Å²) in [7, 11) is 0. The van der Waals surface area contributed by atoms with Crippen LogP contribution >= 0.6 is 11.8 Å². The van der Waals surface area contributed by atoms with E-state index in [0.29, 0.717) is 34.1 Å². The molecule has 2 N–H and O–H groups in total. The summed E-state index contributed by atoms with van der Waals surface area (Å²) >= 11 is 1.06. The number of esters is 1. The maximum atomic E-state index is 12.6. The van der Waals surface area contributed by atoms with Crippen LogP contribution in [-0.4, -0.2) is 23.7 Å². The minimum Gasteiger partial charge on any atom is -0.490 e. The van der Waals surface area contributed by atoms with E-state index < -0.39 is 5.97 Å². The zero-order valence-corrected chi connectivity index (χ0v) is 18.2. The van der Waals surface area contributed by atoms with E-state index in [1.54, 1.807) is 36.4 Å². The normalized spacial score (nSPS) is 15.3. The predicted molar refractivity (Wildman–Crippen MR) is 119 cm³/mol. The van der Waals surface area contributed by atoms with Gasteiger partial charge in [0, 0.05) is 0 Å². The Labute approximate surface area is 180 Å². The van der Waals surface area contributed by atoms with Gasteiger partial charge in [0.05, 0.1) is 17.1 Å². The number of thioether (sulfide) groups is 1. The highest BCUT2D eigenvalue weighted by molar-refractivity contribution is 8.18. The molecule has 7 heteroatoms. The number of amides is 1. The first-order valence-electron chi connectivity index (χ1n) is 9.56. The van der Waals surface area contributed by atoms with Crippen LogP contribution in [-0.2, 0) is 10.2 Å². The molecule has 0 spiro atoms. The third-order valence-corrected chi connectivity index (χ3v) is 5.25. The van der Waals surface area contributed by atoms with Crippen LogP contribution in [0.2, 0.25) is 0 Å². The maximum absolute atomic E-state index is 12.6. The van der Waals surface area contributed by atoms with Gasteiger partial charge in [0.15, 0.2) is 16.7 Å². The summed E-state index contributed by atoms with van der Waals surface area (Å²) in [5.74, 6) is -0.0657. The van der Waals surface area contributed by atoms with Gasteiger partial charge in [-0.15, -0.1) is 0 Å². The van der Waals surface area contributed by atoms with Crippen molar-refractivity contribution in [1.82, 2.24) is 5.32 Å². The molecule has 3 rings (SSSR count). The number of rotatable bonds is 5. The standard InChI is InChI=1S/C23H24N2O4S/c1-5-28-18-12-14(13-19-20(26)25-22(24)30-19)6-11-17(18)29-21(27)15-7-9-16(10-8-15)23(2,3)4/h6-13H,5H2,1-4H3,(H2,24,25,26)/b19-13-. The Balaban J connectivity index is 1.81. The molecule has 1 amide bonds. The van der Waals surface area contributed by atoms with E-state index in [-0.39, 0.29) is 16.5 Å². The van der Waals surface area contributed by atoms with Gasteiger partial charge in [0.2, 0.25) is 0 Å². The summed E-state index contributed by atoms with van der Waals surface area (Å²) in [4.78, 5) is 24.8. The molecule has 0 atom stereocenters. The van der Waals surface area contributed by atoms with Crippen LogP contribution in [0.15, 0.2) is 47.4 Å². The molecule has 2 aromatic rings. The van der Waals surface area contributed by atoms with E-state index >= 15 is 0 Å². The Kier molecular flexibility index (Phi) is 6.31. The van der Waals surface area contributed by atoms with Crippen molar-refractivity contribution in [3.8, 4) is 11.5 Å². The lowest BCUT2D eigenvalue weighted by molar-refractivity contribution is -0.115. The summed E-state index contributed by atoms with van der Waals surface area (Å²) in [6, 6.07) is 12.4. The summed E-state index contributed by atoms with van der Waals surface area (Å²) in [6.07, 6.45) is 1.67. The van der Waals surface area contributed by atoms with Crippen molar-refractivity contribution in [3.63, 3.8) is 0 Å². The summed E-state index contributed by atoms with van der Waals surface area (Å²) < 4.78 is 11.2. The Morgan fingerprint density at radius 1 is 1.13 bits per heavy atom. The van der Waals surface area contributed by atoms with E-state index in [9.17, 15) is 9.59 Å². The van der Waals surface area contributed by atoms with E-state index in [1.807, 2.05) is 19.1 Å². The predicted octanol–water partition coefficient (Wildman–Crippen LogP) is 4.74. The first kappa shape index (κ1) is 21.6. The van der Waals surface area contributed by atoms with Crippen LogP contribution in [0, 0.1) is 5.41 Å². The molecule has 1 heterocycles. The van der Waals surface area contributed by atoms with Gasteiger partial charge < -0.3 is 14.8 Å². The lowest BCUT2D eigenvalue weighted by atomic mass is 9.87.